The van der Waals surface area contributed by atoms with Gasteiger partial charge in [-0.1, -0.05) is 0 Å². The molecule has 0 unspecified atom stereocenters. The number of anilines is 1. The van der Waals surface area contributed by atoms with E-state index in [0.29, 0.717) is 11.4 Å². The highest BCUT2D eigenvalue weighted by atomic mass is 16.1. The van der Waals surface area contributed by atoms with Crippen molar-refractivity contribution in [3.8, 4) is 5.82 Å². The minimum absolute atomic E-state index is 0.201. The number of hydrogen-bond donors (Lipinski definition) is 1. The zero-order chi connectivity index (χ0) is 11.9. The van der Waals surface area contributed by atoms with Gasteiger partial charge in [-0.25, -0.2) is 9.67 Å². The smallest absolute Gasteiger partial charge is 0.295 e. The SMILES string of the molecule is Cc1nn(-c2nccn(C)c2=O)c(C)c1N. The quantitative estimate of drug-likeness (QED) is 0.741. The summed E-state index contributed by atoms with van der Waals surface area (Å²) < 4.78 is 2.93. The first-order valence-electron chi connectivity index (χ1n) is 4.86. The van der Waals surface area contributed by atoms with Crippen LogP contribution in [0.3, 0.4) is 0 Å². The summed E-state index contributed by atoms with van der Waals surface area (Å²) in [4.78, 5) is 15.9. The van der Waals surface area contributed by atoms with Gasteiger partial charge in [0.05, 0.1) is 17.1 Å². The second-order valence-electron chi connectivity index (χ2n) is 3.66. The summed E-state index contributed by atoms with van der Waals surface area (Å²) in [5.41, 5.74) is 7.63. The van der Waals surface area contributed by atoms with Gasteiger partial charge in [0.25, 0.3) is 5.56 Å². The molecule has 6 nitrogen and oxygen atoms in total. The molecule has 2 aromatic heterocycles. The van der Waals surface area contributed by atoms with Gasteiger partial charge in [-0.3, -0.25) is 4.79 Å². The fraction of sp³-hybridized carbons (Fsp3) is 0.300. The molecule has 0 amide bonds. The number of nitrogens with zero attached hydrogens (tertiary/aromatic N) is 4. The van der Waals surface area contributed by atoms with E-state index < -0.39 is 0 Å². The lowest BCUT2D eigenvalue weighted by atomic mass is 10.3. The molecular formula is C10H13N5O. The normalized spacial score (nSPS) is 10.7. The third-order valence-corrected chi connectivity index (χ3v) is 2.55. The van der Waals surface area contributed by atoms with Gasteiger partial charge in [0.15, 0.2) is 0 Å². The lowest BCUT2D eigenvalue weighted by Gasteiger charge is -2.03. The van der Waals surface area contributed by atoms with Gasteiger partial charge in [-0.15, -0.1) is 0 Å². The molecule has 2 rings (SSSR count). The van der Waals surface area contributed by atoms with E-state index in [1.165, 1.54) is 9.25 Å². The third-order valence-electron chi connectivity index (χ3n) is 2.55. The van der Waals surface area contributed by atoms with Crippen LogP contribution < -0.4 is 11.3 Å². The summed E-state index contributed by atoms with van der Waals surface area (Å²) in [6.07, 6.45) is 3.16. The van der Waals surface area contributed by atoms with Crippen LogP contribution in [0.2, 0.25) is 0 Å². The maximum atomic E-state index is 11.8. The average molecular weight is 219 g/mol. The largest absolute Gasteiger partial charge is 0.396 e. The van der Waals surface area contributed by atoms with Gasteiger partial charge in [-0.05, 0) is 13.8 Å². The Hall–Kier alpha value is -2.11. The Morgan fingerprint density at radius 2 is 2.06 bits per heavy atom. The zero-order valence-electron chi connectivity index (χ0n) is 9.43. The Kier molecular flexibility index (Phi) is 2.26. The van der Waals surface area contributed by atoms with Crippen LogP contribution in [0, 0.1) is 13.8 Å². The van der Waals surface area contributed by atoms with E-state index in [1.54, 1.807) is 26.4 Å². The summed E-state index contributed by atoms with van der Waals surface area (Å²) >= 11 is 0. The topological polar surface area (TPSA) is 78.7 Å². The first-order chi connectivity index (χ1) is 7.52. The first-order valence-corrected chi connectivity index (χ1v) is 4.86. The van der Waals surface area contributed by atoms with Crippen molar-refractivity contribution in [3.05, 3.63) is 34.1 Å². The van der Waals surface area contributed by atoms with Crippen LogP contribution in [0.1, 0.15) is 11.4 Å². The Bertz CT molecular complexity index is 596. The molecule has 0 atom stereocenters. The average Bonchev–Trinajstić information content (AvgIpc) is 2.50. The van der Waals surface area contributed by atoms with Gasteiger partial charge >= 0.3 is 0 Å². The highest BCUT2D eigenvalue weighted by Crippen LogP contribution is 2.16. The van der Waals surface area contributed by atoms with E-state index in [4.69, 9.17) is 5.73 Å². The lowest BCUT2D eigenvalue weighted by molar-refractivity contribution is 0.747. The Morgan fingerprint density at radius 3 is 2.62 bits per heavy atom. The Balaban J connectivity index is 2.73. The van der Waals surface area contributed by atoms with E-state index in [0.717, 1.165) is 5.69 Å². The molecule has 0 radical (unpaired) electrons. The predicted octanol–water partition coefficient (Wildman–Crippen LogP) is 0.165. The number of nitrogens with two attached hydrogens (primary N) is 1. The van der Waals surface area contributed by atoms with Gasteiger partial charge in [0, 0.05) is 19.4 Å². The van der Waals surface area contributed by atoms with Gasteiger partial charge in [0.1, 0.15) is 0 Å². The minimum Gasteiger partial charge on any atom is -0.396 e. The summed E-state index contributed by atoms with van der Waals surface area (Å²) in [6, 6.07) is 0. The number of rotatable bonds is 1. The maximum absolute atomic E-state index is 11.8. The molecule has 6 heteroatoms. The molecule has 0 aromatic carbocycles. The molecule has 0 saturated heterocycles. The van der Waals surface area contributed by atoms with E-state index in [9.17, 15) is 4.79 Å². The van der Waals surface area contributed by atoms with Crippen LogP contribution >= 0.6 is 0 Å². The molecule has 0 aliphatic carbocycles. The Morgan fingerprint density at radius 1 is 1.38 bits per heavy atom. The molecule has 84 valence electrons. The first kappa shape index (κ1) is 10.4. The summed E-state index contributed by atoms with van der Waals surface area (Å²) in [5.74, 6) is 0.266. The lowest BCUT2D eigenvalue weighted by Crippen LogP contribution is -2.24. The van der Waals surface area contributed by atoms with Crippen LogP contribution in [0.4, 0.5) is 5.69 Å². The molecule has 0 bridgehead atoms. The van der Waals surface area contributed by atoms with Crippen LogP contribution in [0.5, 0.6) is 0 Å². The number of aromatic nitrogens is 4. The van der Waals surface area contributed by atoms with Crippen LogP contribution in [-0.4, -0.2) is 19.3 Å². The van der Waals surface area contributed by atoms with Crippen molar-refractivity contribution in [1.29, 1.82) is 0 Å². The predicted molar refractivity (Wildman–Crippen MR) is 60.5 cm³/mol. The fourth-order valence-electron chi connectivity index (χ4n) is 1.49. The van der Waals surface area contributed by atoms with Gasteiger partial charge in [-0.2, -0.15) is 5.10 Å². The second kappa shape index (κ2) is 3.48. The van der Waals surface area contributed by atoms with Crippen molar-refractivity contribution in [2.24, 2.45) is 7.05 Å². The van der Waals surface area contributed by atoms with Crippen molar-refractivity contribution in [2.45, 2.75) is 13.8 Å². The molecule has 0 aliphatic heterocycles. The number of nitrogen functional groups attached to an aromatic ring is 1. The van der Waals surface area contributed by atoms with Crippen molar-refractivity contribution >= 4 is 5.69 Å². The highest BCUT2D eigenvalue weighted by molar-refractivity contribution is 5.49. The summed E-state index contributed by atoms with van der Waals surface area (Å²) in [7, 11) is 1.67. The van der Waals surface area contributed by atoms with Crippen LogP contribution in [-0.2, 0) is 7.05 Å². The van der Waals surface area contributed by atoms with E-state index >= 15 is 0 Å². The fourth-order valence-corrected chi connectivity index (χ4v) is 1.49. The van der Waals surface area contributed by atoms with E-state index in [-0.39, 0.29) is 11.4 Å². The van der Waals surface area contributed by atoms with E-state index in [2.05, 4.69) is 10.1 Å². The molecule has 2 heterocycles. The standard InChI is InChI=1S/C10H13N5O/c1-6-8(11)7(2)15(13-6)9-10(16)14(3)5-4-12-9/h4-5H,11H2,1-3H3. The maximum Gasteiger partial charge on any atom is 0.295 e. The molecule has 2 N–H and O–H groups in total. The molecule has 0 fully saturated rings. The summed E-state index contributed by atoms with van der Waals surface area (Å²) in [6.45, 7) is 3.61. The molecule has 0 aliphatic rings. The summed E-state index contributed by atoms with van der Waals surface area (Å²) in [5, 5.41) is 4.20. The van der Waals surface area contributed by atoms with Crippen LogP contribution in [0.15, 0.2) is 17.2 Å². The van der Waals surface area contributed by atoms with Gasteiger partial charge in [0.2, 0.25) is 5.82 Å². The van der Waals surface area contributed by atoms with Crippen molar-refractivity contribution in [3.63, 3.8) is 0 Å². The van der Waals surface area contributed by atoms with Crippen molar-refractivity contribution < 1.29 is 0 Å². The molecular weight excluding hydrogens is 206 g/mol. The number of hydrogen-bond acceptors (Lipinski definition) is 4. The third kappa shape index (κ3) is 1.39. The minimum atomic E-state index is -0.201. The van der Waals surface area contributed by atoms with E-state index in [1.807, 2.05) is 6.92 Å². The van der Waals surface area contributed by atoms with Crippen molar-refractivity contribution in [1.82, 2.24) is 19.3 Å². The Labute approximate surface area is 92.3 Å². The number of aryl methyl sites for hydroxylation is 2. The molecule has 0 saturated carbocycles. The van der Waals surface area contributed by atoms with Gasteiger partial charge < -0.3 is 10.3 Å². The monoisotopic (exact) mass is 219 g/mol. The highest BCUT2D eigenvalue weighted by Gasteiger charge is 2.13. The molecule has 0 spiro atoms. The molecule has 2 aromatic rings. The second-order valence-corrected chi connectivity index (χ2v) is 3.66. The zero-order valence-corrected chi connectivity index (χ0v) is 9.43. The van der Waals surface area contributed by atoms with Crippen molar-refractivity contribution in [2.75, 3.05) is 5.73 Å². The molecule has 16 heavy (non-hydrogen) atoms. The van der Waals surface area contributed by atoms with Crippen LogP contribution in [0.25, 0.3) is 5.82 Å².